The van der Waals surface area contributed by atoms with Gasteiger partial charge in [-0.1, -0.05) is 11.3 Å². The molecule has 4 rings (SSSR count). The summed E-state index contributed by atoms with van der Waals surface area (Å²) < 4.78 is 3.93. The van der Waals surface area contributed by atoms with Crippen LogP contribution in [0.2, 0.25) is 0 Å². The van der Waals surface area contributed by atoms with Gasteiger partial charge in [-0.2, -0.15) is 0 Å². The van der Waals surface area contributed by atoms with Gasteiger partial charge in [-0.3, -0.25) is 4.98 Å². The largest absolute Gasteiger partial charge is 0.324 e. The Kier molecular flexibility index (Phi) is 3.37. The summed E-state index contributed by atoms with van der Waals surface area (Å²) >= 11 is 0. The van der Waals surface area contributed by atoms with E-state index in [1.807, 2.05) is 44.6 Å². The Morgan fingerprint density at radius 1 is 1.12 bits per heavy atom. The van der Waals surface area contributed by atoms with Crippen LogP contribution < -0.4 is 0 Å². The third kappa shape index (κ3) is 2.27. The van der Waals surface area contributed by atoms with E-state index >= 15 is 0 Å². The van der Waals surface area contributed by atoms with Crippen LogP contribution in [-0.2, 0) is 7.05 Å². The molecule has 0 aliphatic rings. The summed E-state index contributed by atoms with van der Waals surface area (Å²) in [7, 11) is 1.90. The van der Waals surface area contributed by atoms with E-state index in [2.05, 4.69) is 45.1 Å². The van der Waals surface area contributed by atoms with Crippen LogP contribution in [0.5, 0.6) is 0 Å². The Labute approximate surface area is 139 Å². The van der Waals surface area contributed by atoms with Crippen molar-refractivity contribution in [1.82, 2.24) is 29.5 Å². The number of aromatic nitrogens is 6. The molecule has 0 radical (unpaired) electrons. The first-order valence-corrected chi connectivity index (χ1v) is 7.89. The Balaban J connectivity index is 1.79. The first-order valence-electron chi connectivity index (χ1n) is 7.89. The zero-order valence-corrected chi connectivity index (χ0v) is 13.9. The molecule has 0 N–H and O–H groups in total. The number of hydrogen-bond donors (Lipinski definition) is 0. The zero-order chi connectivity index (χ0) is 16.7. The Morgan fingerprint density at radius 2 is 2.00 bits per heavy atom. The molecule has 4 heterocycles. The zero-order valence-electron chi connectivity index (χ0n) is 13.9. The molecule has 0 aromatic carbocycles. The highest BCUT2D eigenvalue weighted by Crippen LogP contribution is 2.27. The molecule has 4 aromatic heterocycles. The monoisotopic (exact) mass is 318 g/mol. The topological polar surface area (TPSA) is 61.4 Å². The lowest BCUT2D eigenvalue weighted by molar-refractivity contribution is 0.638. The van der Waals surface area contributed by atoms with Crippen molar-refractivity contribution in [1.29, 1.82) is 0 Å². The predicted molar refractivity (Wildman–Crippen MR) is 92.5 cm³/mol. The van der Waals surface area contributed by atoms with E-state index in [0.717, 1.165) is 33.7 Å². The third-order valence-electron chi connectivity index (χ3n) is 4.36. The summed E-state index contributed by atoms with van der Waals surface area (Å²) in [6.45, 7) is 4.09. The number of nitrogens with zero attached hydrogens (tertiary/aromatic N) is 6. The molecule has 0 aliphatic heterocycles. The van der Waals surface area contributed by atoms with Crippen molar-refractivity contribution in [3.8, 4) is 11.3 Å². The molecule has 0 amide bonds. The van der Waals surface area contributed by atoms with Gasteiger partial charge in [-0.15, -0.1) is 5.10 Å². The minimum atomic E-state index is 0.127. The quantitative estimate of drug-likeness (QED) is 0.582. The Morgan fingerprint density at radius 3 is 2.71 bits per heavy atom. The summed E-state index contributed by atoms with van der Waals surface area (Å²) in [6, 6.07) is 10.3. The SMILES string of the molecule is Cc1nnn(C)c1-c1cnc2c(ccn2C(C)c2ccccn2)c1. The second kappa shape index (κ2) is 5.56. The first-order chi connectivity index (χ1) is 11.6. The fraction of sp³-hybridized carbons (Fsp3) is 0.222. The van der Waals surface area contributed by atoms with Crippen LogP contribution in [0.25, 0.3) is 22.3 Å². The first kappa shape index (κ1) is 14.6. The summed E-state index contributed by atoms with van der Waals surface area (Å²) in [5.41, 5.74) is 4.89. The van der Waals surface area contributed by atoms with E-state index < -0.39 is 0 Å². The van der Waals surface area contributed by atoms with E-state index in [4.69, 9.17) is 4.98 Å². The maximum atomic E-state index is 4.69. The standard InChI is InChI=1S/C18H18N6/c1-12-17(23(3)22-21-12)15-10-14-7-9-24(18(14)20-11-15)13(2)16-6-4-5-8-19-16/h4-11,13H,1-3H3. The second-order valence-electron chi connectivity index (χ2n) is 5.94. The van der Waals surface area contributed by atoms with E-state index in [1.165, 1.54) is 0 Å². The van der Waals surface area contributed by atoms with Crippen LogP contribution >= 0.6 is 0 Å². The van der Waals surface area contributed by atoms with Gasteiger partial charge in [0.05, 0.1) is 23.1 Å². The smallest absolute Gasteiger partial charge is 0.140 e. The lowest BCUT2D eigenvalue weighted by Crippen LogP contribution is -2.07. The van der Waals surface area contributed by atoms with E-state index in [1.54, 1.807) is 4.68 Å². The van der Waals surface area contributed by atoms with Gasteiger partial charge in [-0.05, 0) is 38.1 Å². The van der Waals surface area contributed by atoms with Gasteiger partial charge in [0.2, 0.25) is 0 Å². The average molecular weight is 318 g/mol. The number of aryl methyl sites for hydroxylation is 2. The van der Waals surface area contributed by atoms with Crippen LogP contribution in [0.3, 0.4) is 0 Å². The molecular formula is C18H18N6. The van der Waals surface area contributed by atoms with Crippen molar-refractivity contribution in [3.63, 3.8) is 0 Å². The molecule has 6 heteroatoms. The number of hydrogen-bond acceptors (Lipinski definition) is 4. The summed E-state index contributed by atoms with van der Waals surface area (Å²) in [6.07, 6.45) is 5.77. The van der Waals surface area contributed by atoms with Gasteiger partial charge < -0.3 is 4.57 Å². The molecule has 120 valence electrons. The molecule has 0 spiro atoms. The summed E-state index contributed by atoms with van der Waals surface area (Å²) in [5.74, 6) is 0. The van der Waals surface area contributed by atoms with Crippen molar-refractivity contribution >= 4 is 11.0 Å². The average Bonchev–Trinajstić information content (AvgIpc) is 3.17. The van der Waals surface area contributed by atoms with Crippen molar-refractivity contribution in [2.24, 2.45) is 7.05 Å². The highest BCUT2D eigenvalue weighted by molar-refractivity contribution is 5.81. The third-order valence-corrected chi connectivity index (χ3v) is 4.36. The lowest BCUT2D eigenvalue weighted by Gasteiger charge is -2.14. The molecular weight excluding hydrogens is 300 g/mol. The van der Waals surface area contributed by atoms with Crippen molar-refractivity contribution < 1.29 is 0 Å². The van der Waals surface area contributed by atoms with E-state index in [-0.39, 0.29) is 6.04 Å². The van der Waals surface area contributed by atoms with Gasteiger partial charge in [0.25, 0.3) is 0 Å². The van der Waals surface area contributed by atoms with Crippen molar-refractivity contribution in [2.75, 3.05) is 0 Å². The fourth-order valence-electron chi connectivity index (χ4n) is 3.11. The van der Waals surface area contributed by atoms with Crippen LogP contribution in [0, 0.1) is 6.92 Å². The van der Waals surface area contributed by atoms with E-state index in [9.17, 15) is 0 Å². The number of fused-ring (bicyclic) bond motifs is 1. The Bertz CT molecular complexity index is 979. The van der Waals surface area contributed by atoms with E-state index in [0.29, 0.717) is 0 Å². The molecule has 0 saturated heterocycles. The second-order valence-corrected chi connectivity index (χ2v) is 5.94. The lowest BCUT2D eigenvalue weighted by atomic mass is 10.1. The maximum Gasteiger partial charge on any atom is 0.140 e. The molecule has 0 bridgehead atoms. The molecule has 0 saturated carbocycles. The van der Waals surface area contributed by atoms with Crippen molar-refractivity contribution in [2.45, 2.75) is 19.9 Å². The van der Waals surface area contributed by atoms with Gasteiger partial charge >= 0.3 is 0 Å². The molecule has 0 aliphatic carbocycles. The van der Waals surface area contributed by atoms with Gasteiger partial charge in [0.1, 0.15) is 5.65 Å². The summed E-state index contributed by atoms with van der Waals surface area (Å²) in [4.78, 5) is 9.15. The Hall–Kier alpha value is -3.02. The molecule has 0 fully saturated rings. The normalized spacial score (nSPS) is 12.6. The van der Waals surface area contributed by atoms with Gasteiger partial charge in [0.15, 0.2) is 0 Å². The van der Waals surface area contributed by atoms with Crippen LogP contribution in [-0.4, -0.2) is 29.5 Å². The number of rotatable bonds is 3. The molecule has 4 aromatic rings. The van der Waals surface area contributed by atoms with Gasteiger partial charge in [0, 0.05) is 36.6 Å². The molecule has 1 atom stereocenters. The maximum absolute atomic E-state index is 4.69. The highest BCUT2D eigenvalue weighted by atomic mass is 15.4. The predicted octanol–water partition coefficient (Wildman–Crippen LogP) is 3.14. The van der Waals surface area contributed by atoms with Crippen LogP contribution in [0.15, 0.2) is 48.9 Å². The van der Waals surface area contributed by atoms with Crippen molar-refractivity contribution in [3.05, 3.63) is 60.3 Å². The van der Waals surface area contributed by atoms with Crippen LogP contribution in [0.1, 0.15) is 24.4 Å². The van der Waals surface area contributed by atoms with Crippen LogP contribution in [0.4, 0.5) is 0 Å². The minimum Gasteiger partial charge on any atom is -0.324 e. The summed E-state index contributed by atoms with van der Waals surface area (Å²) in [5, 5.41) is 9.28. The highest BCUT2D eigenvalue weighted by Gasteiger charge is 2.15. The molecule has 6 nitrogen and oxygen atoms in total. The fourth-order valence-corrected chi connectivity index (χ4v) is 3.11. The molecule has 24 heavy (non-hydrogen) atoms. The van der Waals surface area contributed by atoms with Gasteiger partial charge in [-0.25, -0.2) is 9.67 Å². The molecule has 1 unspecified atom stereocenters. The number of pyridine rings is 2. The minimum absolute atomic E-state index is 0.127.